The van der Waals surface area contributed by atoms with Crippen LogP contribution in [0, 0.1) is 11.8 Å². The Hall–Kier alpha value is -0.810. The Labute approximate surface area is 166 Å². The van der Waals surface area contributed by atoms with E-state index in [9.17, 15) is 0 Å². The monoisotopic (exact) mass is 379 g/mol. The highest BCUT2D eigenvalue weighted by Gasteiger charge is 2.24. The molecule has 0 aromatic rings. The van der Waals surface area contributed by atoms with Crippen molar-refractivity contribution < 1.29 is 9.47 Å². The van der Waals surface area contributed by atoms with Gasteiger partial charge in [0.05, 0.1) is 18.8 Å². The number of aliphatic imine (C=N–C) groups is 1. The van der Waals surface area contributed by atoms with Crippen molar-refractivity contribution >= 4 is 5.96 Å². The third-order valence-electron chi connectivity index (χ3n) is 6.46. The van der Waals surface area contributed by atoms with E-state index < -0.39 is 0 Å². The van der Waals surface area contributed by atoms with Crippen LogP contribution in [0.2, 0.25) is 0 Å². The summed E-state index contributed by atoms with van der Waals surface area (Å²) < 4.78 is 11.8. The summed E-state index contributed by atoms with van der Waals surface area (Å²) in [6, 6.07) is 0. The maximum atomic E-state index is 6.11. The molecule has 1 N–H and O–H groups in total. The summed E-state index contributed by atoms with van der Waals surface area (Å²) in [6.45, 7) is 10.3. The molecule has 2 saturated heterocycles. The van der Waals surface area contributed by atoms with Gasteiger partial charge in [-0.05, 0) is 57.3 Å². The molecule has 1 saturated carbocycles. The molecule has 0 spiro atoms. The lowest BCUT2D eigenvalue weighted by atomic mass is 9.81. The predicted molar refractivity (Wildman–Crippen MR) is 111 cm³/mol. The maximum Gasteiger partial charge on any atom is 0.193 e. The molecular formula is C22H41N3O2. The first-order valence-electron chi connectivity index (χ1n) is 11.5. The molecule has 0 bridgehead atoms. The molecule has 0 aromatic heterocycles. The quantitative estimate of drug-likeness (QED) is 0.539. The Bertz CT molecular complexity index is 443. The average Bonchev–Trinajstić information content (AvgIpc) is 3.20. The van der Waals surface area contributed by atoms with E-state index in [4.69, 9.17) is 14.5 Å². The minimum absolute atomic E-state index is 0.337. The first kappa shape index (κ1) is 20.9. The van der Waals surface area contributed by atoms with Crippen LogP contribution in [0.1, 0.15) is 71.6 Å². The zero-order valence-electron chi connectivity index (χ0n) is 17.6. The first-order chi connectivity index (χ1) is 13.2. The molecule has 156 valence electrons. The summed E-state index contributed by atoms with van der Waals surface area (Å²) in [5.41, 5.74) is 0. The van der Waals surface area contributed by atoms with Crippen LogP contribution in [0.25, 0.3) is 0 Å². The van der Waals surface area contributed by atoms with Crippen LogP contribution < -0.4 is 5.32 Å². The largest absolute Gasteiger partial charge is 0.376 e. The summed E-state index contributed by atoms with van der Waals surface area (Å²) in [6.07, 6.45) is 12.2. The highest BCUT2D eigenvalue weighted by Crippen LogP contribution is 2.30. The van der Waals surface area contributed by atoms with Crippen molar-refractivity contribution in [3.05, 3.63) is 0 Å². The number of hydrogen-bond acceptors (Lipinski definition) is 3. The van der Waals surface area contributed by atoms with E-state index in [1.54, 1.807) is 0 Å². The Morgan fingerprint density at radius 1 is 1.15 bits per heavy atom. The number of nitrogens with one attached hydrogen (secondary N) is 1. The zero-order chi connectivity index (χ0) is 18.9. The molecule has 2 aliphatic heterocycles. The maximum absolute atomic E-state index is 6.11. The smallest absolute Gasteiger partial charge is 0.193 e. The lowest BCUT2D eigenvalue weighted by molar-refractivity contribution is -0.0367. The van der Waals surface area contributed by atoms with Gasteiger partial charge in [-0.3, -0.25) is 4.99 Å². The van der Waals surface area contributed by atoms with Crippen molar-refractivity contribution in [3.63, 3.8) is 0 Å². The Morgan fingerprint density at radius 2 is 2.00 bits per heavy atom. The van der Waals surface area contributed by atoms with Gasteiger partial charge in [-0.1, -0.05) is 26.2 Å². The fraction of sp³-hybridized carbons (Fsp3) is 0.955. The molecule has 5 heteroatoms. The summed E-state index contributed by atoms with van der Waals surface area (Å²) >= 11 is 0. The first-order valence-corrected chi connectivity index (χ1v) is 11.5. The molecule has 3 unspecified atom stereocenters. The lowest BCUT2D eigenvalue weighted by Crippen LogP contribution is -2.47. The fourth-order valence-corrected chi connectivity index (χ4v) is 4.85. The predicted octanol–water partition coefficient (Wildman–Crippen LogP) is 3.83. The van der Waals surface area contributed by atoms with E-state index in [1.807, 2.05) is 0 Å². The Kier molecular flexibility index (Phi) is 8.72. The molecule has 2 heterocycles. The molecule has 3 fully saturated rings. The van der Waals surface area contributed by atoms with Crippen molar-refractivity contribution in [3.8, 4) is 0 Å². The number of piperidine rings is 1. The molecule has 0 aromatic carbocycles. The van der Waals surface area contributed by atoms with Crippen LogP contribution >= 0.6 is 0 Å². The third-order valence-corrected chi connectivity index (χ3v) is 6.46. The van der Waals surface area contributed by atoms with Crippen LogP contribution in [0.4, 0.5) is 0 Å². The van der Waals surface area contributed by atoms with Gasteiger partial charge in [0, 0.05) is 32.8 Å². The van der Waals surface area contributed by atoms with Gasteiger partial charge >= 0.3 is 0 Å². The fourth-order valence-electron chi connectivity index (χ4n) is 4.85. The van der Waals surface area contributed by atoms with Crippen LogP contribution in [-0.2, 0) is 9.47 Å². The summed E-state index contributed by atoms with van der Waals surface area (Å²) in [5, 5.41) is 3.51. The highest BCUT2D eigenvalue weighted by atomic mass is 16.5. The Balaban J connectivity index is 1.38. The minimum atomic E-state index is 0.337. The van der Waals surface area contributed by atoms with E-state index in [0.29, 0.717) is 12.2 Å². The number of guanidine groups is 1. The van der Waals surface area contributed by atoms with Gasteiger partial charge in [-0.15, -0.1) is 0 Å². The zero-order valence-corrected chi connectivity index (χ0v) is 17.6. The Morgan fingerprint density at radius 3 is 2.70 bits per heavy atom. The molecule has 1 aliphatic carbocycles. The molecule has 3 atom stereocenters. The van der Waals surface area contributed by atoms with E-state index >= 15 is 0 Å². The normalized spacial score (nSPS) is 30.7. The topological polar surface area (TPSA) is 46.1 Å². The van der Waals surface area contributed by atoms with Gasteiger partial charge in [0.1, 0.15) is 0 Å². The molecule has 3 aliphatic rings. The second kappa shape index (κ2) is 11.3. The standard InChI is InChI=1S/C22H41N3O2/c1-3-23-22(24-12-9-19-7-4-6-18(2)16-19)25-13-10-20(11-14-25)27-17-21-8-5-15-26-21/h18-21H,3-17H2,1-2H3,(H,23,24). The van der Waals surface area contributed by atoms with Crippen molar-refractivity contribution in [2.24, 2.45) is 16.8 Å². The van der Waals surface area contributed by atoms with Crippen molar-refractivity contribution in [1.29, 1.82) is 0 Å². The number of nitrogens with zero attached hydrogens (tertiary/aromatic N) is 2. The van der Waals surface area contributed by atoms with Gasteiger partial charge in [-0.2, -0.15) is 0 Å². The molecule has 3 rings (SSSR count). The summed E-state index contributed by atoms with van der Waals surface area (Å²) in [4.78, 5) is 7.39. The van der Waals surface area contributed by atoms with Crippen LogP contribution in [0.3, 0.4) is 0 Å². The highest BCUT2D eigenvalue weighted by molar-refractivity contribution is 5.80. The number of rotatable bonds is 7. The minimum Gasteiger partial charge on any atom is -0.376 e. The van der Waals surface area contributed by atoms with E-state index in [0.717, 1.165) is 76.5 Å². The number of ether oxygens (including phenoxy) is 2. The average molecular weight is 380 g/mol. The number of hydrogen-bond donors (Lipinski definition) is 1. The van der Waals surface area contributed by atoms with Crippen LogP contribution in [0.15, 0.2) is 4.99 Å². The molecule has 5 nitrogen and oxygen atoms in total. The van der Waals surface area contributed by atoms with Gasteiger partial charge < -0.3 is 19.7 Å². The van der Waals surface area contributed by atoms with Crippen molar-refractivity contribution in [2.45, 2.75) is 83.8 Å². The summed E-state index contributed by atoms with van der Waals surface area (Å²) in [7, 11) is 0. The van der Waals surface area contributed by atoms with Crippen molar-refractivity contribution in [2.75, 3.05) is 39.4 Å². The lowest BCUT2D eigenvalue weighted by Gasteiger charge is -2.34. The number of likely N-dealkylation sites (tertiary alicyclic amines) is 1. The van der Waals surface area contributed by atoms with Gasteiger partial charge in [0.15, 0.2) is 5.96 Å². The molecule has 0 amide bonds. The van der Waals surface area contributed by atoms with E-state index in [-0.39, 0.29) is 0 Å². The molecular weight excluding hydrogens is 338 g/mol. The van der Waals surface area contributed by atoms with Gasteiger partial charge in [0.2, 0.25) is 0 Å². The van der Waals surface area contributed by atoms with Crippen LogP contribution in [-0.4, -0.2) is 62.5 Å². The second-order valence-electron chi connectivity index (χ2n) is 8.82. The summed E-state index contributed by atoms with van der Waals surface area (Å²) in [5.74, 6) is 2.91. The van der Waals surface area contributed by atoms with Crippen LogP contribution in [0.5, 0.6) is 0 Å². The SMILES string of the molecule is CCNC(=NCCC1CCCC(C)C1)N1CCC(OCC2CCCO2)CC1. The van der Waals surface area contributed by atoms with E-state index in [1.165, 1.54) is 38.5 Å². The third kappa shape index (κ3) is 6.94. The van der Waals surface area contributed by atoms with Gasteiger partial charge in [0.25, 0.3) is 0 Å². The molecule has 27 heavy (non-hydrogen) atoms. The van der Waals surface area contributed by atoms with Gasteiger partial charge in [-0.25, -0.2) is 0 Å². The second-order valence-corrected chi connectivity index (χ2v) is 8.82. The van der Waals surface area contributed by atoms with E-state index in [2.05, 4.69) is 24.1 Å². The van der Waals surface area contributed by atoms with Crippen molar-refractivity contribution in [1.82, 2.24) is 10.2 Å². The molecule has 0 radical (unpaired) electrons.